The molecule has 1 N–H and O–H groups in total. The van der Waals surface area contributed by atoms with E-state index in [0.717, 1.165) is 15.2 Å². The van der Waals surface area contributed by atoms with E-state index in [0.29, 0.717) is 10.1 Å². The highest BCUT2D eigenvalue weighted by Gasteiger charge is 2.41. The van der Waals surface area contributed by atoms with Crippen molar-refractivity contribution in [3.63, 3.8) is 0 Å². The van der Waals surface area contributed by atoms with Gasteiger partial charge in [-0.15, -0.1) is 11.3 Å². The van der Waals surface area contributed by atoms with Crippen LogP contribution < -0.4 is 10.2 Å². The highest BCUT2D eigenvalue weighted by atomic mass is 79.9. The fourth-order valence-electron chi connectivity index (χ4n) is 3.01. The monoisotopic (exact) mass is 449 g/mol. The molecule has 1 aliphatic rings. The molecule has 1 aromatic carbocycles. The third-order valence-corrected chi connectivity index (χ3v) is 6.35. The lowest BCUT2D eigenvalue weighted by Crippen LogP contribution is -2.28. The Morgan fingerprint density at radius 2 is 1.92 bits per heavy atom. The summed E-state index contributed by atoms with van der Waals surface area (Å²) < 4.78 is 1.09. The first-order valence-electron chi connectivity index (χ1n) is 7.65. The van der Waals surface area contributed by atoms with Gasteiger partial charge in [0.05, 0.1) is 21.6 Å². The zero-order valence-electron chi connectivity index (χ0n) is 12.9. The molecule has 0 bridgehead atoms. The van der Waals surface area contributed by atoms with E-state index in [1.165, 1.54) is 4.88 Å². The molecule has 0 unspecified atom stereocenters. The molecule has 0 aliphatic carbocycles. The Labute approximate surface area is 168 Å². The molecule has 0 spiro atoms. The zero-order valence-corrected chi connectivity index (χ0v) is 16.9. The Bertz CT molecular complexity index is 898. The summed E-state index contributed by atoms with van der Waals surface area (Å²) in [5.41, 5.74) is 1.98. The van der Waals surface area contributed by atoms with Crippen LogP contribution >= 0.6 is 51.1 Å². The number of pyridine rings is 1. The SMILES string of the molecule is S=C1N[C@H](c2ccccn2)[C@@H](c2ccc(Br)s2)N1c1ccc(Cl)cc1. The number of rotatable bonds is 3. The standard InChI is InChI=1S/C18H13BrClN3S2/c19-15-9-8-14(25-15)17-16(13-3-1-2-10-21-13)22-18(24)23(17)12-6-4-11(20)5-7-12/h1-10,16-17H,(H,22,24)/t16-,17-/m1/s1. The molecule has 2 atom stereocenters. The lowest BCUT2D eigenvalue weighted by molar-refractivity contribution is 0.575. The van der Waals surface area contributed by atoms with Gasteiger partial charge >= 0.3 is 0 Å². The second-order valence-corrected chi connectivity index (χ2v) is 8.93. The van der Waals surface area contributed by atoms with Crippen molar-refractivity contribution >= 4 is 61.9 Å². The lowest BCUT2D eigenvalue weighted by atomic mass is 10.0. The van der Waals surface area contributed by atoms with Gasteiger partial charge < -0.3 is 10.2 Å². The molecule has 3 aromatic rings. The topological polar surface area (TPSA) is 28.2 Å². The van der Waals surface area contributed by atoms with Crippen molar-refractivity contribution in [1.82, 2.24) is 10.3 Å². The minimum Gasteiger partial charge on any atom is -0.351 e. The highest BCUT2D eigenvalue weighted by molar-refractivity contribution is 9.11. The van der Waals surface area contributed by atoms with Crippen LogP contribution in [0.2, 0.25) is 5.02 Å². The molecule has 0 radical (unpaired) electrons. The predicted molar refractivity (Wildman–Crippen MR) is 111 cm³/mol. The maximum absolute atomic E-state index is 6.05. The van der Waals surface area contributed by atoms with Gasteiger partial charge in [0.2, 0.25) is 0 Å². The maximum atomic E-state index is 6.05. The first-order valence-corrected chi connectivity index (χ1v) is 10.0. The largest absolute Gasteiger partial charge is 0.351 e. The first kappa shape index (κ1) is 17.0. The number of nitrogens with one attached hydrogen (secondary N) is 1. The van der Waals surface area contributed by atoms with Crippen molar-refractivity contribution in [2.45, 2.75) is 12.1 Å². The van der Waals surface area contributed by atoms with Crippen LogP contribution in [-0.4, -0.2) is 10.1 Å². The van der Waals surface area contributed by atoms with Crippen LogP contribution in [0.1, 0.15) is 22.7 Å². The van der Waals surface area contributed by atoms with E-state index in [2.05, 4.69) is 43.3 Å². The molecule has 2 aromatic heterocycles. The summed E-state index contributed by atoms with van der Waals surface area (Å²) in [6.07, 6.45) is 1.81. The Kier molecular flexibility index (Phi) is 4.78. The molecular formula is C18H13BrClN3S2. The highest BCUT2D eigenvalue weighted by Crippen LogP contribution is 2.44. The van der Waals surface area contributed by atoms with Crippen molar-refractivity contribution in [1.29, 1.82) is 0 Å². The average Bonchev–Trinajstić information content (AvgIpc) is 3.20. The van der Waals surface area contributed by atoms with Gasteiger partial charge in [0.1, 0.15) is 0 Å². The molecule has 1 saturated heterocycles. The maximum Gasteiger partial charge on any atom is 0.174 e. The number of benzene rings is 1. The summed E-state index contributed by atoms with van der Waals surface area (Å²) in [4.78, 5) is 7.90. The van der Waals surface area contributed by atoms with E-state index in [1.54, 1.807) is 11.3 Å². The minimum absolute atomic E-state index is 0.0186. The van der Waals surface area contributed by atoms with Crippen LogP contribution in [0.25, 0.3) is 0 Å². The van der Waals surface area contributed by atoms with E-state index in [4.69, 9.17) is 23.8 Å². The third-order valence-electron chi connectivity index (χ3n) is 4.09. The number of hydrogen-bond acceptors (Lipinski definition) is 3. The number of hydrogen-bond donors (Lipinski definition) is 1. The number of halogens is 2. The lowest BCUT2D eigenvalue weighted by Gasteiger charge is -2.26. The summed E-state index contributed by atoms with van der Waals surface area (Å²) in [5, 5.41) is 4.84. The summed E-state index contributed by atoms with van der Waals surface area (Å²) >= 11 is 17.0. The minimum atomic E-state index is -0.0186. The predicted octanol–water partition coefficient (Wildman–Crippen LogP) is 5.74. The molecule has 0 saturated carbocycles. The summed E-state index contributed by atoms with van der Waals surface area (Å²) in [6.45, 7) is 0. The Hall–Kier alpha value is -1.47. The molecule has 1 fully saturated rings. The van der Waals surface area contributed by atoms with Gasteiger partial charge in [0.25, 0.3) is 0 Å². The Balaban J connectivity index is 1.81. The van der Waals surface area contributed by atoms with Crippen LogP contribution in [0, 0.1) is 0 Å². The van der Waals surface area contributed by atoms with Gasteiger partial charge in [-0.05, 0) is 76.7 Å². The van der Waals surface area contributed by atoms with Gasteiger partial charge in [-0.2, -0.15) is 0 Å². The normalized spacial score (nSPS) is 19.9. The van der Waals surface area contributed by atoms with E-state index in [-0.39, 0.29) is 12.1 Å². The fraction of sp³-hybridized carbons (Fsp3) is 0.111. The van der Waals surface area contributed by atoms with Crippen molar-refractivity contribution < 1.29 is 0 Å². The van der Waals surface area contributed by atoms with E-state index in [1.807, 2.05) is 48.7 Å². The third kappa shape index (κ3) is 3.31. The van der Waals surface area contributed by atoms with Gasteiger partial charge in [0.15, 0.2) is 5.11 Å². The van der Waals surface area contributed by atoms with Gasteiger partial charge in [-0.25, -0.2) is 0 Å². The smallest absolute Gasteiger partial charge is 0.174 e. The van der Waals surface area contributed by atoms with Gasteiger partial charge in [-0.1, -0.05) is 17.7 Å². The number of thiophene rings is 1. The molecule has 4 rings (SSSR count). The summed E-state index contributed by atoms with van der Waals surface area (Å²) in [7, 11) is 0. The second kappa shape index (κ2) is 7.03. The molecule has 7 heteroatoms. The van der Waals surface area contributed by atoms with Crippen molar-refractivity contribution in [3.8, 4) is 0 Å². The Morgan fingerprint density at radius 1 is 1.12 bits per heavy atom. The number of anilines is 1. The van der Waals surface area contributed by atoms with Crippen LogP contribution in [0.5, 0.6) is 0 Å². The Morgan fingerprint density at radius 3 is 2.56 bits per heavy atom. The fourth-order valence-corrected chi connectivity index (χ4v) is 5.04. The summed E-state index contributed by atoms with van der Waals surface area (Å²) in [6, 6.07) is 17.9. The van der Waals surface area contributed by atoms with E-state index in [9.17, 15) is 0 Å². The molecule has 25 heavy (non-hydrogen) atoms. The van der Waals surface area contributed by atoms with Gasteiger partial charge in [0, 0.05) is 21.8 Å². The number of aromatic nitrogens is 1. The number of nitrogens with zero attached hydrogens (tertiary/aromatic N) is 2. The van der Waals surface area contributed by atoms with Crippen LogP contribution in [0.3, 0.4) is 0 Å². The molecule has 0 amide bonds. The van der Waals surface area contributed by atoms with Crippen molar-refractivity contribution in [2.24, 2.45) is 0 Å². The molecular weight excluding hydrogens is 438 g/mol. The van der Waals surface area contributed by atoms with Gasteiger partial charge in [-0.3, -0.25) is 4.98 Å². The molecule has 3 heterocycles. The number of thiocarbonyl (C=S) groups is 1. The van der Waals surface area contributed by atoms with Crippen molar-refractivity contribution in [2.75, 3.05) is 4.90 Å². The molecule has 3 nitrogen and oxygen atoms in total. The molecule has 126 valence electrons. The zero-order chi connectivity index (χ0) is 17.4. The van der Waals surface area contributed by atoms with E-state index >= 15 is 0 Å². The first-order chi connectivity index (χ1) is 12.1. The summed E-state index contributed by atoms with van der Waals surface area (Å²) in [5.74, 6) is 0. The van der Waals surface area contributed by atoms with E-state index < -0.39 is 0 Å². The second-order valence-electron chi connectivity index (χ2n) is 5.61. The average molecular weight is 451 g/mol. The quantitative estimate of drug-likeness (QED) is 0.515. The van der Waals surface area contributed by atoms with Crippen LogP contribution in [0.4, 0.5) is 5.69 Å². The molecule has 1 aliphatic heterocycles. The van der Waals surface area contributed by atoms with Crippen molar-refractivity contribution in [3.05, 3.63) is 80.2 Å². The van der Waals surface area contributed by atoms with Crippen LogP contribution in [-0.2, 0) is 0 Å². The van der Waals surface area contributed by atoms with Crippen LogP contribution in [0.15, 0.2) is 64.6 Å².